The molecule has 0 aliphatic carbocycles. The molecule has 0 aromatic heterocycles. The zero-order valence-electron chi connectivity index (χ0n) is 12.3. The molecule has 1 aliphatic rings. The Morgan fingerprint density at radius 2 is 2.25 bits per heavy atom. The Balaban J connectivity index is 2.27. The van der Waals surface area contributed by atoms with E-state index in [-0.39, 0.29) is 0 Å². The molecule has 0 saturated carbocycles. The van der Waals surface area contributed by atoms with Gasteiger partial charge < -0.3 is 10.0 Å². The third kappa shape index (κ3) is 3.29. The van der Waals surface area contributed by atoms with Crippen LogP contribution in [0.15, 0.2) is 23.1 Å². The quantitative estimate of drug-likeness (QED) is 0.801. The highest BCUT2D eigenvalue weighted by Crippen LogP contribution is 2.34. The number of aromatic carboxylic acids is 1. The van der Waals surface area contributed by atoms with E-state index in [1.807, 2.05) is 18.2 Å². The van der Waals surface area contributed by atoms with Gasteiger partial charge in [-0.3, -0.25) is 0 Å². The number of rotatable bonds is 6. The SMILES string of the molecule is CCCC1CCN(c2cccc(SCC)c2C(=O)O)C1. The van der Waals surface area contributed by atoms with Gasteiger partial charge in [-0.25, -0.2) is 4.79 Å². The summed E-state index contributed by atoms with van der Waals surface area (Å²) in [6.07, 6.45) is 3.62. The van der Waals surface area contributed by atoms with Gasteiger partial charge in [-0.2, -0.15) is 0 Å². The fourth-order valence-electron chi connectivity index (χ4n) is 2.97. The first-order valence-electron chi connectivity index (χ1n) is 7.41. The Hall–Kier alpha value is -1.16. The maximum absolute atomic E-state index is 11.6. The normalized spacial score (nSPS) is 18.5. The van der Waals surface area contributed by atoms with Crippen LogP contribution >= 0.6 is 11.8 Å². The molecule has 0 bridgehead atoms. The van der Waals surface area contributed by atoms with E-state index in [0.717, 1.165) is 29.4 Å². The number of nitrogens with zero attached hydrogens (tertiary/aromatic N) is 1. The van der Waals surface area contributed by atoms with Gasteiger partial charge in [-0.15, -0.1) is 11.8 Å². The first-order valence-corrected chi connectivity index (χ1v) is 8.40. The molecule has 1 heterocycles. The first kappa shape index (κ1) is 15.2. The zero-order valence-corrected chi connectivity index (χ0v) is 13.1. The van der Waals surface area contributed by atoms with Gasteiger partial charge in [0.2, 0.25) is 0 Å². The average molecular weight is 293 g/mol. The second-order valence-electron chi connectivity index (χ2n) is 5.28. The van der Waals surface area contributed by atoms with E-state index < -0.39 is 5.97 Å². The third-order valence-corrected chi connectivity index (χ3v) is 4.78. The molecule has 0 amide bonds. The van der Waals surface area contributed by atoms with Gasteiger partial charge in [0, 0.05) is 18.0 Å². The van der Waals surface area contributed by atoms with Crippen molar-refractivity contribution in [1.29, 1.82) is 0 Å². The van der Waals surface area contributed by atoms with Crippen molar-refractivity contribution < 1.29 is 9.90 Å². The van der Waals surface area contributed by atoms with E-state index in [0.29, 0.717) is 11.5 Å². The minimum absolute atomic E-state index is 0.483. The van der Waals surface area contributed by atoms with Gasteiger partial charge in [0.1, 0.15) is 0 Å². The van der Waals surface area contributed by atoms with Gasteiger partial charge in [-0.05, 0) is 36.6 Å². The van der Waals surface area contributed by atoms with E-state index in [4.69, 9.17) is 0 Å². The highest BCUT2D eigenvalue weighted by molar-refractivity contribution is 7.99. The minimum atomic E-state index is -0.810. The molecule has 1 aromatic carbocycles. The molecule has 20 heavy (non-hydrogen) atoms. The lowest BCUT2D eigenvalue weighted by Crippen LogP contribution is -2.22. The molecule has 1 unspecified atom stereocenters. The van der Waals surface area contributed by atoms with Crippen LogP contribution in [0.2, 0.25) is 0 Å². The molecule has 1 fully saturated rings. The Bertz CT molecular complexity index is 476. The van der Waals surface area contributed by atoms with Crippen molar-refractivity contribution in [2.45, 2.75) is 38.0 Å². The van der Waals surface area contributed by atoms with Gasteiger partial charge in [0.25, 0.3) is 0 Å². The van der Waals surface area contributed by atoms with Crippen molar-refractivity contribution in [3.8, 4) is 0 Å². The largest absolute Gasteiger partial charge is 0.478 e. The topological polar surface area (TPSA) is 40.5 Å². The molecular weight excluding hydrogens is 270 g/mol. The molecule has 110 valence electrons. The second kappa shape index (κ2) is 7.02. The summed E-state index contributed by atoms with van der Waals surface area (Å²) in [5, 5.41) is 9.56. The number of carbonyl (C=O) groups is 1. The smallest absolute Gasteiger partial charge is 0.338 e. The average Bonchev–Trinajstić information content (AvgIpc) is 2.87. The van der Waals surface area contributed by atoms with Crippen LogP contribution < -0.4 is 4.90 Å². The van der Waals surface area contributed by atoms with Crippen molar-refractivity contribution in [2.24, 2.45) is 5.92 Å². The molecule has 1 aromatic rings. The molecular formula is C16H23NO2S. The van der Waals surface area contributed by atoms with Crippen molar-refractivity contribution in [1.82, 2.24) is 0 Å². The van der Waals surface area contributed by atoms with E-state index in [1.165, 1.54) is 19.3 Å². The lowest BCUT2D eigenvalue weighted by atomic mass is 10.0. The number of thioether (sulfide) groups is 1. The van der Waals surface area contributed by atoms with Crippen LogP contribution in [0.25, 0.3) is 0 Å². The van der Waals surface area contributed by atoms with Crippen LogP contribution in [0.5, 0.6) is 0 Å². The third-order valence-electron chi connectivity index (χ3n) is 3.84. The van der Waals surface area contributed by atoms with Crippen molar-refractivity contribution >= 4 is 23.4 Å². The summed E-state index contributed by atoms with van der Waals surface area (Å²) in [5.41, 5.74) is 1.38. The van der Waals surface area contributed by atoms with Crippen LogP contribution in [-0.4, -0.2) is 29.9 Å². The fraction of sp³-hybridized carbons (Fsp3) is 0.562. The molecule has 0 radical (unpaired) electrons. The predicted octanol–water partition coefficient (Wildman–Crippen LogP) is 4.12. The number of benzene rings is 1. The number of hydrogen-bond donors (Lipinski definition) is 1. The number of hydrogen-bond acceptors (Lipinski definition) is 3. The first-order chi connectivity index (χ1) is 9.67. The maximum Gasteiger partial charge on any atom is 0.338 e. The molecule has 3 nitrogen and oxygen atoms in total. The summed E-state index contributed by atoms with van der Waals surface area (Å²) >= 11 is 1.61. The summed E-state index contributed by atoms with van der Waals surface area (Å²) in [6.45, 7) is 6.24. The summed E-state index contributed by atoms with van der Waals surface area (Å²) in [5.74, 6) is 0.793. The molecule has 1 aliphatic heterocycles. The van der Waals surface area contributed by atoms with Crippen LogP contribution in [0.4, 0.5) is 5.69 Å². The predicted molar refractivity (Wildman–Crippen MR) is 85.0 cm³/mol. The number of carboxylic acids is 1. The molecule has 1 saturated heterocycles. The standard InChI is InChI=1S/C16H23NO2S/c1-3-6-12-9-10-17(11-12)13-7-5-8-14(20-4-2)15(13)16(18)19/h5,7-8,12H,3-4,6,9-11H2,1-2H3,(H,18,19). The summed E-state index contributed by atoms with van der Waals surface area (Å²) < 4.78 is 0. The monoisotopic (exact) mass is 293 g/mol. The van der Waals surface area contributed by atoms with E-state index in [2.05, 4.69) is 18.7 Å². The minimum Gasteiger partial charge on any atom is -0.478 e. The Labute approximate surface area is 125 Å². The highest BCUT2D eigenvalue weighted by atomic mass is 32.2. The Morgan fingerprint density at radius 1 is 1.45 bits per heavy atom. The van der Waals surface area contributed by atoms with Crippen molar-refractivity contribution in [3.63, 3.8) is 0 Å². The van der Waals surface area contributed by atoms with Gasteiger partial charge in [-0.1, -0.05) is 26.3 Å². The van der Waals surface area contributed by atoms with Crippen molar-refractivity contribution in [2.75, 3.05) is 23.7 Å². The Morgan fingerprint density at radius 3 is 2.90 bits per heavy atom. The van der Waals surface area contributed by atoms with E-state index in [9.17, 15) is 9.90 Å². The van der Waals surface area contributed by atoms with Crippen LogP contribution in [0.1, 0.15) is 43.5 Å². The van der Waals surface area contributed by atoms with E-state index >= 15 is 0 Å². The summed E-state index contributed by atoms with van der Waals surface area (Å²) in [6, 6.07) is 5.85. The summed E-state index contributed by atoms with van der Waals surface area (Å²) in [7, 11) is 0. The second-order valence-corrected chi connectivity index (χ2v) is 6.58. The lowest BCUT2D eigenvalue weighted by molar-refractivity contribution is 0.0694. The Kier molecular flexibility index (Phi) is 5.35. The maximum atomic E-state index is 11.6. The molecule has 2 rings (SSSR count). The van der Waals surface area contributed by atoms with Gasteiger partial charge >= 0.3 is 5.97 Å². The van der Waals surface area contributed by atoms with E-state index in [1.54, 1.807) is 11.8 Å². The summed E-state index contributed by atoms with van der Waals surface area (Å²) in [4.78, 5) is 14.8. The fourth-order valence-corrected chi connectivity index (χ4v) is 3.79. The number of carboxylic acid groups (broad SMARTS) is 1. The highest BCUT2D eigenvalue weighted by Gasteiger charge is 2.26. The zero-order chi connectivity index (χ0) is 14.5. The molecule has 4 heteroatoms. The lowest BCUT2D eigenvalue weighted by Gasteiger charge is -2.22. The van der Waals surface area contributed by atoms with Crippen LogP contribution in [-0.2, 0) is 0 Å². The molecule has 0 spiro atoms. The van der Waals surface area contributed by atoms with Gasteiger partial charge in [0.05, 0.1) is 11.3 Å². The molecule has 1 atom stereocenters. The van der Waals surface area contributed by atoms with Gasteiger partial charge in [0.15, 0.2) is 0 Å². The number of anilines is 1. The van der Waals surface area contributed by atoms with Crippen LogP contribution in [0, 0.1) is 5.92 Å². The molecule has 1 N–H and O–H groups in total. The van der Waals surface area contributed by atoms with Crippen molar-refractivity contribution in [3.05, 3.63) is 23.8 Å². The van der Waals surface area contributed by atoms with Crippen LogP contribution in [0.3, 0.4) is 0 Å².